The van der Waals surface area contributed by atoms with Crippen LogP contribution >= 0.6 is 0 Å². The number of aryl methyl sites for hydroxylation is 1. The molecule has 3 heteroatoms. The van der Waals surface area contributed by atoms with Gasteiger partial charge in [-0.3, -0.25) is 0 Å². The molecule has 1 saturated carbocycles. The van der Waals surface area contributed by atoms with E-state index in [0.717, 1.165) is 18.1 Å². The van der Waals surface area contributed by atoms with Crippen LogP contribution in [0.3, 0.4) is 0 Å². The van der Waals surface area contributed by atoms with E-state index in [9.17, 15) is 0 Å². The zero-order valence-corrected chi connectivity index (χ0v) is 12.1. The van der Waals surface area contributed by atoms with Gasteiger partial charge in [0.2, 0.25) is 0 Å². The molecule has 20 heavy (non-hydrogen) atoms. The molecule has 1 fully saturated rings. The number of hydrogen-bond donors (Lipinski definition) is 1. The quantitative estimate of drug-likeness (QED) is 0.869. The summed E-state index contributed by atoms with van der Waals surface area (Å²) in [6.07, 6.45) is 4.34. The lowest BCUT2D eigenvalue weighted by Gasteiger charge is -2.10. The molecule has 1 aromatic heterocycles. The number of furan rings is 1. The lowest BCUT2D eigenvalue weighted by molar-refractivity contribution is 0.266. The molecule has 1 heterocycles. The third-order valence-electron chi connectivity index (χ3n) is 3.91. The summed E-state index contributed by atoms with van der Waals surface area (Å²) in [6, 6.07) is 8.86. The van der Waals surface area contributed by atoms with Crippen LogP contribution in [0.25, 0.3) is 0 Å². The van der Waals surface area contributed by atoms with Gasteiger partial charge in [0.25, 0.3) is 0 Å². The lowest BCUT2D eigenvalue weighted by Crippen LogP contribution is -2.16. The largest absolute Gasteiger partial charge is 0.485 e. The molecule has 0 aliphatic heterocycles. The number of benzene rings is 1. The highest BCUT2D eigenvalue weighted by molar-refractivity contribution is 5.38. The molecule has 1 aliphatic carbocycles. The minimum atomic E-state index is 0.485. The average molecular weight is 271 g/mol. The molecule has 3 rings (SSSR count). The molecule has 1 aromatic carbocycles. The fraction of sp³-hybridized carbons (Fsp3) is 0.412. The second-order valence-corrected chi connectivity index (χ2v) is 5.51. The van der Waals surface area contributed by atoms with Crippen LogP contribution in [0.2, 0.25) is 0 Å². The summed E-state index contributed by atoms with van der Waals surface area (Å²) in [5.74, 6) is 1.85. The zero-order valence-electron chi connectivity index (χ0n) is 12.1. The summed E-state index contributed by atoms with van der Waals surface area (Å²) < 4.78 is 11.4. The zero-order chi connectivity index (χ0) is 13.9. The second-order valence-electron chi connectivity index (χ2n) is 5.51. The Morgan fingerprint density at radius 3 is 2.90 bits per heavy atom. The summed E-state index contributed by atoms with van der Waals surface area (Å²) in [6.45, 7) is 5.54. The van der Waals surface area contributed by atoms with Crippen molar-refractivity contribution in [3.05, 3.63) is 53.0 Å². The van der Waals surface area contributed by atoms with Crippen molar-refractivity contribution in [2.75, 3.05) is 0 Å². The maximum atomic E-state index is 5.90. The topological polar surface area (TPSA) is 34.4 Å². The van der Waals surface area contributed by atoms with Crippen molar-refractivity contribution in [1.29, 1.82) is 0 Å². The van der Waals surface area contributed by atoms with E-state index in [2.05, 4.69) is 25.2 Å². The molecule has 1 N–H and O–H groups in total. The van der Waals surface area contributed by atoms with Gasteiger partial charge in [-0.15, -0.1) is 0 Å². The molecular formula is C17H21NO2. The Morgan fingerprint density at radius 2 is 2.10 bits per heavy atom. The van der Waals surface area contributed by atoms with Crippen molar-refractivity contribution in [3.63, 3.8) is 0 Å². The number of hydrogen-bond acceptors (Lipinski definition) is 3. The average Bonchev–Trinajstić information content (AvgIpc) is 3.17. The monoisotopic (exact) mass is 271 g/mol. The molecule has 0 spiro atoms. The first-order chi connectivity index (χ1) is 9.74. The number of nitrogens with one attached hydrogen (secondary N) is 1. The Labute approximate surface area is 119 Å². The first-order valence-electron chi connectivity index (χ1n) is 7.21. The van der Waals surface area contributed by atoms with Gasteiger partial charge >= 0.3 is 0 Å². The standard InChI is InChI=1S/C17H21NO2/c1-12-4-3-5-16(13(12)2)20-11-17-14(8-9-19-17)10-18-15-6-7-15/h3-5,8-9,15,18H,6-7,10-11H2,1-2H3. The van der Waals surface area contributed by atoms with E-state index in [1.54, 1.807) is 6.26 Å². The third-order valence-corrected chi connectivity index (χ3v) is 3.91. The Morgan fingerprint density at radius 1 is 1.25 bits per heavy atom. The molecule has 0 amide bonds. The van der Waals surface area contributed by atoms with E-state index >= 15 is 0 Å². The lowest BCUT2D eigenvalue weighted by atomic mass is 10.1. The molecule has 3 nitrogen and oxygen atoms in total. The van der Waals surface area contributed by atoms with Crippen LogP contribution in [-0.2, 0) is 13.2 Å². The molecule has 106 valence electrons. The van der Waals surface area contributed by atoms with Crippen molar-refractivity contribution in [2.24, 2.45) is 0 Å². The van der Waals surface area contributed by atoms with E-state index in [1.165, 1.54) is 29.5 Å². The van der Waals surface area contributed by atoms with Gasteiger partial charge in [-0.1, -0.05) is 12.1 Å². The van der Waals surface area contributed by atoms with Crippen LogP contribution in [0.15, 0.2) is 34.9 Å². The molecule has 0 bridgehead atoms. The SMILES string of the molecule is Cc1cccc(OCc2occc2CNC2CC2)c1C. The van der Waals surface area contributed by atoms with Gasteiger partial charge in [-0.05, 0) is 49.9 Å². The molecule has 0 saturated heterocycles. The molecular weight excluding hydrogens is 250 g/mol. The minimum absolute atomic E-state index is 0.485. The highest BCUT2D eigenvalue weighted by Gasteiger charge is 2.21. The van der Waals surface area contributed by atoms with Crippen molar-refractivity contribution >= 4 is 0 Å². The summed E-state index contributed by atoms with van der Waals surface area (Å²) in [5.41, 5.74) is 3.64. The Hall–Kier alpha value is -1.74. The Bertz CT molecular complexity index is 584. The van der Waals surface area contributed by atoms with Gasteiger partial charge in [0.15, 0.2) is 0 Å². The first-order valence-corrected chi connectivity index (χ1v) is 7.21. The Kier molecular flexibility index (Phi) is 3.79. The summed E-state index contributed by atoms with van der Waals surface area (Å²) in [7, 11) is 0. The third kappa shape index (κ3) is 3.05. The predicted molar refractivity (Wildman–Crippen MR) is 78.8 cm³/mol. The van der Waals surface area contributed by atoms with Crippen LogP contribution in [0.5, 0.6) is 5.75 Å². The van der Waals surface area contributed by atoms with Gasteiger partial charge in [-0.2, -0.15) is 0 Å². The minimum Gasteiger partial charge on any atom is -0.485 e. The highest BCUT2D eigenvalue weighted by Crippen LogP contribution is 2.23. The van der Waals surface area contributed by atoms with Crippen LogP contribution in [0, 0.1) is 13.8 Å². The fourth-order valence-corrected chi connectivity index (χ4v) is 2.22. The van der Waals surface area contributed by atoms with Gasteiger partial charge in [-0.25, -0.2) is 0 Å². The first kappa shape index (κ1) is 13.3. The van der Waals surface area contributed by atoms with Gasteiger partial charge in [0.1, 0.15) is 18.1 Å². The van der Waals surface area contributed by atoms with Crippen LogP contribution in [0.1, 0.15) is 35.3 Å². The Balaban J connectivity index is 1.62. The van der Waals surface area contributed by atoms with E-state index in [-0.39, 0.29) is 0 Å². The predicted octanol–water partition coefficient (Wildman–Crippen LogP) is 3.73. The number of ether oxygens (including phenoxy) is 1. The van der Waals surface area contributed by atoms with Gasteiger partial charge < -0.3 is 14.5 Å². The van der Waals surface area contributed by atoms with E-state index in [0.29, 0.717) is 12.6 Å². The molecule has 0 unspecified atom stereocenters. The van der Waals surface area contributed by atoms with Crippen LogP contribution in [0.4, 0.5) is 0 Å². The van der Waals surface area contributed by atoms with Crippen LogP contribution in [-0.4, -0.2) is 6.04 Å². The van der Waals surface area contributed by atoms with E-state index in [4.69, 9.17) is 9.15 Å². The van der Waals surface area contributed by atoms with Gasteiger partial charge in [0, 0.05) is 18.2 Å². The molecule has 2 aromatic rings. The normalized spacial score (nSPS) is 14.5. The molecule has 1 aliphatic rings. The highest BCUT2D eigenvalue weighted by atomic mass is 16.5. The summed E-state index contributed by atoms with van der Waals surface area (Å²) >= 11 is 0. The van der Waals surface area contributed by atoms with Gasteiger partial charge in [0.05, 0.1) is 6.26 Å². The van der Waals surface area contributed by atoms with Crippen molar-refractivity contribution in [2.45, 2.75) is 45.9 Å². The molecule has 0 radical (unpaired) electrons. The maximum Gasteiger partial charge on any atom is 0.146 e. The second kappa shape index (κ2) is 5.71. The van der Waals surface area contributed by atoms with E-state index < -0.39 is 0 Å². The van der Waals surface area contributed by atoms with Crippen molar-refractivity contribution < 1.29 is 9.15 Å². The maximum absolute atomic E-state index is 5.90. The van der Waals surface area contributed by atoms with Crippen LogP contribution < -0.4 is 10.1 Å². The fourth-order valence-electron chi connectivity index (χ4n) is 2.22. The smallest absolute Gasteiger partial charge is 0.146 e. The van der Waals surface area contributed by atoms with Crippen molar-refractivity contribution in [1.82, 2.24) is 5.32 Å². The summed E-state index contributed by atoms with van der Waals surface area (Å²) in [4.78, 5) is 0. The van der Waals surface area contributed by atoms with Crippen molar-refractivity contribution in [3.8, 4) is 5.75 Å². The molecule has 0 atom stereocenters. The van der Waals surface area contributed by atoms with E-state index in [1.807, 2.05) is 18.2 Å². The number of rotatable bonds is 6. The summed E-state index contributed by atoms with van der Waals surface area (Å²) in [5, 5.41) is 3.50.